The fraction of sp³-hybridized carbons (Fsp3) is 0.263. The maximum atomic E-state index is 12.7. The minimum atomic E-state index is -3.87. The topological polar surface area (TPSA) is 121 Å². The van der Waals surface area contributed by atoms with Crippen molar-refractivity contribution in [2.75, 3.05) is 7.11 Å². The van der Waals surface area contributed by atoms with E-state index in [2.05, 4.69) is 14.7 Å². The third-order valence-electron chi connectivity index (χ3n) is 4.97. The molecule has 3 N–H and O–H groups in total. The molecule has 1 aliphatic carbocycles. The van der Waals surface area contributed by atoms with Crippen LogP contribution in [0.25, 0.3) is 10.9 Å². The number of sulfonamides is 1. The number of aromatic nitrogens is 2. The summed E-state index contributed by atoms with van der Waals surface area (Å²) < 4.78 is 33.4. The lowest BCUT2D eigenvalue weighted by Crippen LogP contribution is -2.25. The lowest BCUT2D eigenvalue weighted by molar-refractivity contribution is 0.408. The molecule has 9 heteroatoms. The summed E-state index contributed by atoms with van der Waals surface area (Å²) in [6.07, 6.45) is 3.07. The zero-order valence-corrected chi connectivity index (χ0v) is 16.0. The van der Waals surface area contributed by atoms with Gasteiger partial charge in [-0.3, -0.25) is 9.78 Å². The van der Waals surface area contributed by atoms with E-state index < -0.39 is 21.3 Å². The van der Waals surface area contributed by atoms with Crippen LogP contribution in [-0.2, 0) is 29.4 Å². The number of H-pyrrole nitrogens is 2. The summed E-state index contributed by atoms with van der Waals surface area (Å²) in [5, 5.41) is 0.0950. The number of ether oxygens (including phenoxy) is 1. The van der Waals surface area contributed by atoms with Crippen molar-refractivity contribution in [2.24, 2.45) is 0 Å². The smallest absolute Gasteiger partial charge is 0.326 e. The highest BCUT2D eigenvalue weighted by Gasteiger charge is 2.19. The van der Waals surface area contributed by atoms with E-state index in [9.17, 15) is 18.0 Å². The molecular weight excluding hydrogens is 382 g/mol. The van der Waals surface area contributed by atoms with Gasteiger partial charge in [-0.2, -0.15) is 0 Å². The van der Waals surface area contributed by atoms with E-state index in [4.69, 9.17) is 4.74 Å². The Bertz CT molecular complexity index is 1290. The fourth-order valence-corrected chi connectivity index (χ4v) is 4.58. The minimum Gasteiger partial charge on any atom is -0.496 e. The summed E-state index contributed by atoms with van der Waals surface area (Å²) in [6, 6.07) is 7.94. The minimum absolute atomic E-state index is 0.0577. The van der Waals surface area contributed by atoms with Crippen LogP contribution in [0, 0.1) is 0 Å². The molecule has 4 rings (SSSR count). The Morgan fingerprint density at radius 1 is 1.07 bits per heavy atom. The van der Waals surface area contributed by atoms with Gasteiger partial charge >= 0.3 is 5.69 Å². The molecule has 0 saturated carbocycles. The number of rotatable bonds is 5. The molecule has 0 spiro atoms. The molecule has 146 valence electrons. The van der Waals surface area contributed by atoms with Crippen LogP contribution in [0.5, 0.6) is 5.75 Å². The first-order chi connectivity index (χ1) is 13.4. The second-order valence-electron chi connectivity index (χ2n) is 6.73. The monoisotopic (exact) mass is 401 g/mol. The number of fused-ring (bicyclic) bond motifs is 2. The second kappa shape index (κ2) is 6.92. The van der Waals surface area contributed by atoms with Crippen molar-refractivity contribution in [2.45, 2.75) is 30.7 Å². The van der Waals surface area contributed by atoms with Gasteiger partial charge in [0.1, 0.15) is 5.75 Å². The predicted molar refractivity (Wildman–Crippen MR) is 104 cm³/mol. The summed E-state index contributed by atoms with van der Waals surface area (Å²) in [7, 11) is -2.31. The highest BCUT2D eigenvalue weighted by atomic mass is 32.2. The van der Waals surface area contributed by atoms with Crippen LogP contribution in [-0.4, -0.2) is 25.5 Å². The van der Waals surface area contributed by atoms with Crippen molar-refractivity contribution < 1.29 is 13.2 Å². The average molecular weight is 401 g/mol. The van der Waals surface area contributed by atoms with Crippen LogP contribution in [0.4, 0.5) is 0 Å². The van der Waals surface area contributed by atoms with E-state index in [1.165, 1.54) is 29.3 Å². The summed E-state index contributed by atoms with van der Waals surface area (Å²) in [6.45, 7) is 0.0683. The molecule has 0 fully saturated rings. The molecule has 0 radical (unpaired) electrons. The van der Waals surface area contributed by atoms with E-state index >= 15 is 0 Å². The SMILES string of the molecule is COc1cc2c(cc1CNS(=O)(=O)c1ccc3[nH]c(=O)[nH]c(=O)c3c1)CCC2. The van der Waals surface area contributed by atoms with Crippen LogP contribution >= 0.6 is 0 Å². The van der Waals surface area contributed by atoms with Crippen molar-refractivity contribution in [3.63, 3.8) is 0 Å². The van der Waals surface area contributed by atoms with E-state index in [0.29, 0.717) is 5.75 Å². The first-order valence-electron chi connectivity index (χ1n) is 8.82. The Labute approximate surface area is 160 Å². The molecule has 0 bridgehead atoms. The molecule has 1 aromatic heterocycles. The van der Waals surface area contributed by atoms with Gasteiger partial charge in [-0.05, 0) is 54.7 Å². The van der Waals surface area contributed by atoms with Crippen LogP contribution in [0.1, 0.15) is 23.1 Å². The van der Waals surface area contributed by atoms with Gasteiger partial charge in [-0.1, -0.05) is 6.07 Å². The fourth-order valence-electron chi connectivity index (χ4n) is 3.55. The zero-order chi connectivity index (χ0) is 19.9. The van der Waals surface area contributed by atoms with Gasteiger partial charge in [0.05, 0.1) is 22.9 Å². The van der Waals surface area contributed by atoms with Crippen molar-refractivity contribution in [1.82, 2.24) is 14.7 Å². The number of benzene rings is 2. The Morgan fingerprint density at radius 3 is 2.57 bits per heavy atom. The molecule has 3 aromatic rings. The van der Waals surface area contributed by atoms with Gasteiger partial charge in [0.15, 0.2) is 0 Å². The number of aromatic amines is 2. The van der Waals surface area contributed by atoms with Crippen molar-refractivity contribution in [3.05, 3.63) is 67.9 Å². The lowest BCUT2D eigenvalue weighted by Gasteiger charge is -2.13. The summed E-state index contributed by atoms with van der Waals surface area (Å²) >= 11 is 0. The van der Waals surface area contributed by atoms with Gasteiger partial charge < -0.3 is 9.72 Å². The van der Waals surface area contributed by atoms with Crippen LogP contribution < -0.4 is 20.7 Å². The van der Waals surface area contributed by atoms with Crippen LogP contribution in [0.2, 0.25) is 0 Å². The molecule has 1 aliphatic rings. The second-order valence-corrected chi connectivity index (χ2v) is 8.49. The van der Waals surface area contributed by atoms with Gasteiger partial charge in [0.25, 0.3) is 5.56 Å². The molecule has 0 aliphatic heterocycles. The number of hydrogen-bond donors (Lipinski definition) is 3. The first-order valence-corrected chi connectivity index (χ1v) is 10.3. The molecule has 8 nitrogen and oxygen atoms in total. The summed E-state index contributed by atoms with van der Waals surface area (Å²) in [5.41, 5.74) is 2.20. The van der Waals surface area contributed by atoms with Crippen LogP contribution in [0.3, 0.4) is 0 Å². The van der Waals surface area contributed by atoms with Crippen molar-refractivity contribution in [1.29, 1.82) is 0 Å². The van der Waals surface area contributed by atoms with Crippen LogP contribution in [0.15, 0.2) is 44.8 Å². The van der Waals surface area contributed by atoms with E-state index in [1.807, 2.05) is 12.1 Å². The number of nitrogens with one attached hydrogen (secondary N) is 3. The van der Waals surface area contributed by atoms with E-state index in [-0.39, 0.29) is 22.3 Å². The summed E-state index contributed by atoms with van der Waals surface area (Å²) in [4.78, 5) is 27.8. The molecule has 28 heavy (non-hydrogen) atoms. The van der Waals surface area contributed by atoms with Gasteiger partial charge in [-0.15, -0.1) is 0 Å². The first kappa shape index (κ1) is 18.5. The Hall–Kier alpha value is -2.91. The Kier molecular flexibility index (Phi) is 4.56. The van der Waals surface area contributed by atoms with Crippen molar-refractivity contribution in [3.8, 4) is 5.75 Å². The largest absolute Gasteiger partial charge is 0.496 e. The quantitative estimate of drug-likeness (QED) is 0.593. The number of aryl methyl sites for hydroxylation is 2. The number of hydrogen-bond acceptors (Lipinski definition) is 5. The maximum Gasteiger partial charge on any atom is 0.326 e. The standard InChI is InChI=1S/C19H19N3O5S/c1-27-17-8-12-4-2-3-11(12)7-13(17)10-20-28(25,26)14-5-6-16-15(9-14)18(23)22-19(24)21-16/h5-9,20H,2-4,10H2,1H3,(H2,21,22,23,24). The molecular formula is C19H19N3O5S. The zero-order valence-electron chi connectivity index (χ0n) is 15.2. The molecule has 0 atom stereocenters. The highest BCUT2D eigenvalue weighted by Crippen LogP contribution is 2.30. The lowest BCUT2D eigenvalue weighted by atomic mass is 10.1. The van der Waals surface area contributed by atoms with E-state index in [1.54, 1.807) is 7.11 Å². The summed E-state index contributed by atoms with van der Waals surface area (Å²) in [5.74, 6) is 0.649. The Balaban J connectivity index is 1.64. The average Bonchev–Trinajstić information content (AvgIpc) is 3.12. The Morgan fingerprint density at radius 2 is 1.82 bits per heavy atom. The normalized spacial score (nSPS) is 13.6. The van der Waals surface area contributed by atoms with Crippen molar-refractivity contribution >= 4 is 20.9 Å². The number of methoxy groups -OCH3 is 1. The molecule has 0 unspecified atom stereocenters. The predicted octanol–water partition coefficient (Wildman–Crippen LogP) is 1.19. The van der Waals surface area contributed by atoms with E-state index in [0.717, 1.165) is 24.8 Å². The molecule has 0 amide bonds. The molecule has 0 saturated heterocycles. The van der Waals surface area contributed by atoms with Gasteiger partial charge in [0.2, 0.25) is 10.0 Å². The third-order valence-corrected chi connectivity index (χ3v) is 6.37. The van der Waals surface area contributed by atoms with Gasteiger partial charge in [-0.25, -0.2) is 17.9 Å². The van der Waals surface area contributed by atoms with Gasteiger partial charge in [0, 0.05) is 12.1 Å². The maximum absolute atomic E-state index is 12.7. The molecule has 1 heterocycles. The third kappa shape index (κ3) is 3.34. The highest BCUT2D eigenvalue weighted by molar-refractivity contribution is 7.89. The molecule has 2 aromatic carbocycles.